The van der Waals surface area contributed by atoms with E-state index >= 15 is 0 Å². The molecule has 0 aromatic carbocycles. The number of nitrogens with one attached hydrogen (secondary N) is 1. The van der Waals surface area contributed by atoms with Gasteiger partial charge in [0.15, 0.2) is 0 Å². The van der Waals surface area contributed by atoms with Gasteiger partial charge in [0.25, 0.3) is 5.56 Å². The maximum atomic E-state index is 12.0. The Balaban J connectivity index is 3.09. The molecule has 1 heterocycles. The van der Waals surface area contributed by atoms with Crippen LogP contribution in [0.2, 0.25) is 0 Å². The molecule has 0 spiro atoms. The highest BCUT2D eigenvalue weighted by atomic mass is 16.1. The van der Waals surface area contributed by atoms with E-state index in [9.17, 15) is 4.79 Å². The summed E-state index contributed by atoms with van der Waals surface area (Å²) in [6, 6.07) is 2.30. The molecule has 1 rings (SSSR count). The van der Waals surface area contributed by atoms with Gasteiger partial charge in [0.2, 0.25) is 0 Å². The van der Waals surface area contributed by atoms with Crippen LogP contribution < -0.4 is 10.9 Å². The van der Waals surface area contributed by atoms with Gasteiger partial charge in [-0.05, 0) is 18.9 Å². The number of aromatic nitrogens is 2. The second-order valence-electron chi connectivity index (χ2n) is 4.91. The zero-order chi connectivity index (χ0) is 13.0. The fourth-order valence-corrected chi connectivity index (χ4v) is 1.56. The smallest absolute Gasteiger partial charge is 0.271 e. The SMILES string of the molecule is CCn1nc(C(C)C)cc(CNC(C)C)c1=O. The zero-order valence-corrected chi connectivity index (χ0v) is 11.4. The molecule has 0 fully saturated rings. The minimum atomic E-state index is 0.0186. The first kappa shape index (κ1) is 13.9. The maximum Gasteiger partial charge on any atom is 0.271 e. The van der Waals surface area contributed by atoms with E-state index in [1.807, 2.05) is 13.0 Å². The highest BCUT2D eigenvalue weighted by Gasteiger charge is 2.10. The molecule has 1 N–H and O–H groups in total. The summed E-state index contributed by atoms with van der Waals surface area (Å²) >= 11 is 0. The van der Waals surface area contributed by atoms with Gasteiger partial charge in [-0.25, -0.2) is 4.68 Å². The molecular formula is C13H23N3O. The van der Waals surface area contributed by atoms with E-state index < -0.39 is 0 Å². The summed E-state index contributed by atoms with van der Waals surface area (Å²) in [6.07, 6.45) is 0. The number of aryl methyl sites for hydroxylation is 1. The minimum absolute atomic E-state index is 0.0186. The summed E-state index contributed by atoms with van der Waals surface area (Å²) < 4.78 is 1.55. The Morgan fingerprint density at radius 2 is 2.00 bits per heavy atom. The molecule has 0 aliphatic heterocycles. The number of rotatable bonds is 5. The first-order valence-corrected chi connectivity index (χ1v) is 6.30. The highest BCUT2D eigenvalue weighted by Crippen LogP contribution is 2.10. The fraction of sp³-hybridized carbons (Fsp3) is 0.692. The van der Waals surface area contributed by atoms with Gasteiger partial charge in [-0.2, -0.15) is 5.10 Å². The molecule has 1 aromatic heterocycles. The summed E-state index contributed by atoms with van der Waals surface area (Å²) in [5.41, 5.74) is 1.80. The normalized spacial score (nSPS) is 11.5. The van der Waals surface area contributed by atoms with Crippen molar-refractivity contribution in [2.45, 2.75) is 59.7 Å². The lowest BCUT2D eigenvalue weighted by atomic mass is 10.1. The second kappa shape index (κ2) is 5.96. The molecule has 0 atom stereocenters. The third-order valence-electron chi connectivity index (χ3n) is 2.66. The van der Waals surface area contributed by atoms with Crippen molar-refractivity contribution >= 4 is 0 Å². The van der Waals surface area contributed by atoms with Gasteiger partial charge in [0.1, 0.15) is 0 Å². The zero-order valence-electron chi connectivity index (χ0n) is 11.4. The Kier molecular flexibility index (Phi) is 4.87. The Labute approximate surface area is 103 Å². The van der Waals surface area contributed by atoms with Crippen LogP contribution in [0.1, 0.15) is 51.8 Å². The lowest BCUT2D eigenvalue weighted by Gasteiger charge is -2.13. The van der Waals surface area contributed by atoms with Crippen molar-refractivity contribution in [3.05, 3.63) is 27.7 Å². The molecule has 96 valence electrons. The fourth-order valence-electron chi connectivity index (χ4n) is 1.56. The van der Waals surface area contributed by atoms with E-state index in [2.05, 4.69) is 38.1 Å². The molecule has 0 aliphatic carbocycles. The van der Waals surface area contributed by atoms with Gasteiger partial charge in [-0.15, -0.1) is 0 Å². The highest BCUT2D eigenvalue weighted by molar-refractivity contribution is 5.16. The standard InChI is InChI=1S/C13H23N3O/c1-6-16-13(17)11(8-14-10(4)5)7-12(15-16)9(2)3/h7,9-10,14H,6,8H2,1-5H3. The Morgan fingerprint density at radius 1 is 1.35 bits per heavy atom. The van der Waals surface area contributed by atoms with Crippen LogP contribution >= 0.6 is 0 Å². The van der Waals surface area contributed by atoms with Gasteiger partial charge in [-0.3, -0.25) is 4.79 Å². The molecule has 4 heteroatoms. The van der Waals surface area contributed by atoms with Crippen LogP contribution in [0.4, 0.5) is 0 Å². The molecule has 17 heavy (non-hydrogen) atoms. The van der Waals surface area contributed by atoms with Gasteiger partial charge in [0, 0.05) is 24.7 Å². The molecule has 0 amide bonds. The van der Waals surface area contributed by atoms with E-state index in [0.29, 0.717) is 25.0 Å². The average Bonchev–Trinajstić information content (AvgIpc) is 2.27. The van der Waals surface area contributed by atoms with Crippen molar-refractivity contribution in [1.29, 1.82) is 0 Å². The van der Waals surface area contributed by atoms with E-state index in [0.717, 1.165) is 11.3 Å². The first-order chi connectivity index (χ1) is 7.95. The predicted molar refractivity (Wildman–Crippen MR) is 70.2 cm³/mol. The minimum Gasteiger partial charge on any atom is -0.310 e. The lowest BCUT2D eigenvalue weighted by Crippen LogP contribution is -2.31. The van der Waals surface area contributed by atoms with Crippen LogP contribution in [0.15, 0.2) is 10.9 Å². The van der Waals surface area contributed by atoms with E-state index in [1.54, 1.807) is 4.68 Å². The Bertz CT molecular complexity index is 421. The van der Waals surface area contributed by atoms with Gasteiger partial charge >= 0.3 is 0 Å². The van der Waals surface area contributed by atoms with Crippen molar-refractivity contribution in [1.82, 2.24) is 15.1 Å². The molecule has 1 aromatic rings. The summed E-state index contributed by atoms with van der Waals surface area (Å²) in [5, 5.41) is 7.63. The molecule has 0 unspecified atom stereocenters. The van der Waals surface area contributed by atoms with Crippen molar-refractivity contribution < 1.29 is 0 Å². The van der Waals surface area contributed by atoms with Crippen molar-refractivity contribution in [3.63, 3.8) is 0 Å². The van der Waals surface area contributed by atoms with Crippen LogP contribution in [0.3, 0.4) is 0 Å². The van der Waals surface area contributed by atoms with Crippen molar-refractivity contribution in [3.8, 4) is 0 Å². The molecular weight excluding hydrogens is 214 g/mol. The number of hydrogen-bond acceptors (Lipinski definition) is 3. The van der Waals surface area contributed by atoms with Crippen LogP contribution in [-0.4, -0.2) is 15.8 Å². The van der Waals surface area contributed by atoms with Crippen molar-refractivity contribution in [2.75, 3.05) is 0 Å². The second-order valence-corrected chi connectivity index (χ2v) is 4.91. The topological polar surface area (TPSA) is 46.9 Å². The van der Waals surface area contributed by atoms with E-state index in [-0.39, 0.29) is 5.56 Å². The molecule has 0 saturated heterocycles. The van der Waals surface area contributed by atoms with Gasteiger partial charge in [-0.1, -0.05) is 27.7 Å². The molecule has 0 aliphatic rings. The van der Waals surface area contributed by atoms with Crippen molar-refractivity contribution in [2.24, 2.45) is 0 Å². The third-order valence-corrected chi connectivity index (χ3v) is 2.66. The summed E-state index contributed by atoms with van der Waals surface area (Å²) in [6.45, 7) is 11.5. The summed E-state index contributed by atoms with van der Waals surface area (Å²) in [5.74, 6) is 0.339. The summed E-state index contributed by atoms with van der Waals surface area (Å²) in [4.78, 5) is 12.0. The third kappa shape index (κ3) is 3.66. The average molecular weight is 237 g/mol. The predicted octanol–water partition coefficient (Wildman–Crippen LogP) is 1.88. The monoisotopic (exact) mass is 237 g/mol. The van der Waals surface area contributed by atoms with Crippen LogP contribution in [0.5, 0.6) is 0 Å². The molecule has 0 radical (unpaired) electrons. The lowest BCUT2D eigenvalue weighted by molar-refractivity contribution is 0.549. The first-order valence-electron chi connectivity index (χ1n) is 6.30. The van der Waals surface area contributed by atoms with Crippen LogP contribution in [0.25, 0.3) is 0 Å². The van der Waals surface area contributed by atoms with Gasteiger partial charge < -0.3 is 5.32 Å². The summed E-state index contributed by atoms with van der Waals surface area (Å²) in [7, 11) is 0. The largest absolute Gasteiger partial charge is 0.310 e. The number of hydrogen-bond donors (Lipinski definition) is 1. The molecule has 0 saturated carbocycles. The van der Waals surface area contributed by atoms with E-state index in [1.165, 1.54) is 0 Å². The van der Waals surface area contributed by atoms with Crippen LogP contribution in [0, 0.1) is 0 Å². The quantitative estimate of drug-likeness (QED) is 0.850. The Hall–Kier alpha value is -1.16. The molecule has 0 bridgehead atoms. The van der Waals surface area contributed by atoms with Gasteiger partial charge in [0.05, 0.1) is 5.69 Å². The number of nitrogens with zero attached hydrogens (tertiary/aromatic N) is 2. The Morgan fingerprint density at radius 3 is 2.47 bits per heavy atom. The molecule has 4 nitrogen and oxygen atoms in total. The maximum absolute atomic E-state index is 12.0. The van der Waals surface area contributed by atoms with Crippen LogP contribution in [-0.2, 0) is 13.1 Å². The van der Waals surface area contributed by atoms with E-state index in [4.69, 9.17) is 0 Å².